The van der Waals surface area contributed by atoms with Crippen LogP contribution in [-0.4, -0.2) is 19.6 Å². The minimum absolute atomic E-state index is 0.118. The highest BCUT2D eigenvalue weighted by molar-refractivity contribution is 5.88. The van der Waals surface area contributed by atoms with Gasteiger partial charge in [-0.1, -0.05) is 18.2 Å². The molecule has 6 nitrogen and oxygen atoms in total. The van der Waals surface area contributed by atoms with Crippen molar-refractivity contribution in [3.05, 3.63) is 63.3 Å². The molecule has 0 bridgehead atoms. The molecule has 4 rings (SSSR count). The molecule has 2 N–H and O–H groups in total. The maximum atomic E-state index is 13.2. The molecule has 2 aromatic heterocycles. The number of anilines is 1. The largest absolute Gasteiger partial charge is 0.369 e. The van der Waals surface area contributed by atoms with E-state index >= 15 is 0 Å². The van der Waals surface area contributed by atoms with Crippen LogP contribution in [0, 0.1) is 13.8 Å². The van der Waals surface area contributed by atoms with E-state index < -0.39 is 12.7 Å². The van der Waals surface area contributed by atoms with Crippen molar-refractivity contribution in [3.63, 3.8) is 0 Å². The number of aliphatic hydroxyl groups excluding tert-OH is 1. The summed E-state index contributed by atoms with van der Waals surface area (Å²) >= 11 is 0. The van der Waals surface area contributed by atoms with Crippen LogP contribution in [0.5, 0.6) is 0 Å². The summed E-state index contributed by atoms with van der Waals surface area (Å²) in [6.07, 6.45) is 0.838. The number of halogens is 2. The zero-order chi connectivity index (χ0) is 20.7. The number of fused-ring (bicyclic) bond motifs is 1. The van der Waals surface area contributed by atoms with Crippen molar-refractivity contribution in [1.82, 2.24) is 14.5 Å². The number of aryl methyl sites for hydroxylation is 1. The van der Waals surface area contributed by atoms with Gasteiger partial charge < -0.3 is 15.0 Å². The zero-order valence-corrected chi connectivity index (χ0v) is 16.2. The van der Waals surface area contributed by atoms with Gasteiger partial charge in [-0.05, 0) is 38.7 Å². The molecule has 1 saturated carbocycles. The Morgan fingerprint density at radius 3 is 2.59 bits per heavy atom. The highest BCUT2D eigenvalue weighted by atomic mass is 19.3. The van der Waals surface area contributed by atoms with Crippen LogP contribution >= 0.6 is 0 Å². The first kappa shape index (κ1) is 19.4. The number of aromatic nitrogens is 3. The van der Waals surface area contributed by atoms with Crippen molar-refractivity contribution in [1.29, 1.82) is 0 Å². The van der Waals surface area contributed by atoms with Crippen LogP contribution in [0.1, 0.15) is 60.5 Å². The Morgan fingerprint density at radius 2 is 1.93 bits per heavy atom. The van der Waals surface area contributed by atoms with Crippen molar-refractivity contribution in [2.24, 2.45) is 0 Å². The van der Waals surface area contributed by atoms with Crippen LogP contribution < -0.4 is 10.9 Å². The molecule has 2 heterocycles. The second-order valence-corrected chi connectivity index (χ2v) is 7.43. The molecular weight excluding hydrogens is 378 g/mol. The molecule has 0 amide bonds. The van der Waals surface area contributed by atoms with Crippen LogP contribution in [0.25, 0.3) is 10.9 Å². The van der Waals surface area contributed by atoms with E-state index in [-0.39, 0.29) is 17.2 Å². The van der Waals surface area contributed by atoms with E-state index in [2.05, 4.69) is 15.3 Å². The molecule has 1 aliphatic rings. The van der Waals surface area contributed by atoms with Gasteiger partial charge >= 0.3 is 0 Å². The van der Waals surface area contributed by atoms with Crippen molar-refractivity contribution in [3.8, 4) is 0 Å². The standard InChI is InChI=1S/C21H22F2N4O2/c1-11-14(19(22)23)7-4-8-15(11)21(29)26-20-16-10-27(13-5-3-6-13)18(28)9-17(16)24-12(2)25-20/h4,7-10,13,19,21,29H,3,5-6H2,1-2H3,(H,24,25,26)/t21-/m1/s1. The molecule has 1 aliphatic carbocycles. The third-order valence-corrected chi connectivity index (χ3v) is 5.56. The Morgan fingerprint density at radius 1 is 1.21 bits per heavy atom. The number of rotatable bonds is 5. The fourth-order valence-electron chi connectivity index (χ4n) is 3.71. The van der Waals surface area contributed by atoms with Crippen molar-refractivity contribution < 1.29 is 13.9 Å². The number of aliphatic hydroxyl groups is 1. The number of hydrogen-bond acceptors (Lipinski definition) is 5. The van der Waals surface area contributed by atoms with Gasteiger partial charge in [0.15, 0.2) is 6.23 Å². The summed E-state index contributed by atoms with van der Waals surface area (Å²) < 4.78 is 28.1. The molecular formula is C21H22F2N4O2. The Labute approximate surface area is 166 Å². The van der Waals surface area contributed by atoms with E-state index in [0.29, 0.717) is 33.7 Å². The minimum atomic E-state index is -2.62. The fourth-order valence-corrected chi connectivity index (χ4v) is 3.71. The smallest absolute Gasteiger partial charge is 0.264 e. The Bertz CT molecular complexity index is 1130. The number of nitrogens with one attached hydrogen (secondary N) is 1. The summed E-state index contributed by atoms with van der Waals surface area (Å²) in [6, 6.07) is 6.07. The van der Waals surface area contributed by atoms with Gasteiger partial charge in [0.25, 0.3) is 12.0 Å². The van der Waals surface area contributed by atoms with E-state index in [9.17, 15) is 18.7 Å². The predicted octanol–water partition coefficient (Wildman–Crippen LogP) is 4.17. The van der Waals surface area contributed by atoms with Crippen LogP contribution in [0.2, 0.25) is 0 Å². The van der Waals surface area contributed by atoms with Gasteiger partial charge in [0.2, 0.25) is 0 Å². The molecule has 152 valence electrons. The predicted molar refractivity (Wildman–Crippen MR) is 106 cm³/mol. The Balaban J connectivity index is 1.76. The lowest BCUT2D eigenvalue weighted by molar-refractivity contribution is 0.149. The van der Waals surface area contributed by atoms with Crippen molar-refractivity contribution >= 4 is 16.7 Å². The summed E-state index contributed by atoms with van der Waals surface area (Å²) in [5, 5.41) is 14.2. The van der Waals surface area contributed by atoms with Gasteiger partial charge in [0.1, 0.15) is 11.6 Å². The zero-order valence-electron chi connectivity index (χ0n) is 16.2. The molecule has 0 spiro atoms. The van der Waals surface area contributed by atoms with Crippen molar-refractivity contribution in [2.45, 2.75) is 51.8 Å². The normalized spacial score (nSPS) is 15.5. The minimum Gasteiger partial charge on any atom is -0.369 e. The van der Waals surface area contributed by atoms with Crippen LogP contribution in [0.15, 0.2) is 35.3 Å². The maximum Gasteiger partial charge on any atom is 0.264 e. The average molecular weight is 400 g/mol. The van der Waals surface area contributed by atoms with Crippen molar-refractivity contribution in [2.75, 3.05) is 5.32 Å². The first-order valence-corrected chi connectivity index (χ1v) is 9.58. The molecule has 8 heteroatoms. The highest BCUT2D eigenvalue weighted by Crippen LogP contribution is 2.33. The van der Waals surface area contributed by atoms with Gasteiger partial charge in [-0.15, -0.1) is 0 Å². The molecule has 29 heavy (non-hydrogen) atoms. The summed E-state index contributed by atoms with van der Waals surface area (Å²) in [5.74, 6) is 0.793. The van der Waals surface area contributed by atoms with E-state index in [0.717, 1.165) is 19.3 Å². The lowest BCUT2D eigenvalue weighted by Crippen LogP contribution is -2.28. The second-order valence-electron chi connectivity index (χ2n) is 7.43. The maximum absolute atomic E-state index is 13.2. The lowest BCUT2D eigenvalue weighted by Gasteiger charge is -2.28. The van der Waals surface area contributed by atoms with Gasteiger partial charge in [-0.3, -0.25) is 4.79 Å². The molecule has 0 saturated heterocycles. The van der Waals surface area contributed by atoms with E-state index in [1.165, 1.54) is 18.2 Å². The van der Waals surface area contributed by atoms with Gasteiger partial charge in [0, 0.05) is 29.4 Å². The highest BCUT2D eigenvalue weighted by Gasteiger charge is 2.22. The SMILES string of the molecule is Cc1nc(N[C@H](O)c2cccc(C(F)F)c2C)c2cn(C3CCC3)c(=O)cc2n1. The van der Waals surface area contributed by atoms with Gasteiger partial charge in [-0.25, -0.2) is 18.7 Å². The Kier molecular flexibility index (Phi) is 5.04. The number of nitrogens with zero attached hydrogens (tertiary/aromatic N) is 3. The fraction of sp³-hybridized carbons (Fsp3) is 0.381. The molecule has 0 unspecified atom stereocenters. The summed E-state index contributed by atoms with van der Waals surface area (Å²) in [6.45, 7) is 3.25. The van der Waals surface area contributed by atoms with Crippen LogP contribution in [0.4, 0.5) is 14.6 Å². The monoisotopic (exact) mass is 400 g/mol. The summed E-state index contributed by atoms with van der Waals surface area (Å²) in [7, 11) is 0. The van der Waals surface area contributed by atoms with Gasteiger partial charge in [-0.2, -0.15) is 0 Å². The Hall–Kier alpha value is -2.87. The van der Waals surface area contributed by atoms with E-state index in [1.807, 2.05) is 0 Å². The quantitative estimate of drug-likeness (QED) is 0.628. The summed E-state index contributed by atoms with van der Waals surface area (Å²) in [5.41, 5.74) is 0.910. The first-order chi connectivity index (χ1) is 13.8. The number of benzene rings is 1. The summed E-state index contributed by atoms with van der Waals surface area (Å²) in [4.78, 5) is 21.2. The lowest BCUT2D eigenvalue weighted by atomic mass is 9.93. The first-order valence-electron chi connectivity index (χ1n) is 9.58. The molecule has 1 atom stereocenters. The van der Waals surface area contributed by atoms with Gasteiger partial charge in [0.05, 0.1) is 10.9 Å². The molecule has 3 aromatic rings. The third kappa shape index (κ3) is 3.60. The topological polar surface area (TPSA) is 80.0 Å². The number of pyridine rings is 1. The molecule has 1 aromatic carbocycles. The average Bonchev–Trinajstić information content (AvgIpc) is 2.61. The van der Waals surface area contributed by atoms with E-state index in [1.54, 1.807) is 30.7 Å². The van der Waals surface area contributed by atoms with Crippen LogP contribution in [0.3, 0.4) is 0 Å². The van der Waals surface area contributed by atoms with E-state index in [4.69, 9.17) is 0 Å². The van der Waals surface area contributed by atoms with Crippen LogP contribution in [-0.2, 0) is 0 Å². The number of alkyl halides is 2. The third-order valence-electron chi connectivity index (χ3n) is 5.56. The second kappa shape index (κ2) is 7.51. The number of hydrogen-bond donors (Lipinski definition) is 2. The molecule has 0 radical (unpaired) electrons. The molecule has 0 aliphatic heterocycles. The molecule has 1 fully saturated rings.